The lowest BCUT2D eigenvalue weighted by molar-refractivity contribution is -0.123. The minimum Gasteiger partial charge on any atom is -0.486 e. The first-order valence-corrected chi connectivity index (χ1v) is 6.66. The lowest BCUT2D eigenvalue weighted by atomic mass is 9.77. The Balaban J connectivity index is 0.00000147. The van der Waals surface area contributed by atoms with Crippen molar-refractivity contribution in [2.75, 3.05) is 18.5 Å². The van der Waals surface area contributed by atoms with Crippen LogP contribution < -0.4 is 20.5 Å². The normalized spacial score (nSPS) is 18.5. The molecular weight excluding hydrogens is 303 g/mol. The smallest absolute Gasteiger partial charge is 0.244 e. The van der Waals surface area contributed by atoms with Crippen LogP contribution in [0.4, 0.5) is 5.69 Å². The number of hydrogen-bond acceptors (Lipinski definition) is 4. The van der Waals surface area contributed by atoms with E-state index in [2.05, 4.69) is 5.32 Å². The quantitative estimate of drug-likeness (QED) is 0.877. The second-order valence-electron chi connectivity index (χ2n) is 4.94. The molecule has 1 fully saturated rings. The van der Waals surface area contributed by atoms with Crippen LogP contribution in [0.1, 0.15) is 19.3 Å². The Morgan fingerprint density at radius 1 is 1.25 bits per heavy atom. The Hall–Kier alpha value is -1.17. The number of nitrogens with two attached hydrogens (primary N) is 1. The molecule has 0 aromatic heterocycles. The van der Waals surface area contributed by atoms with Gasteiger partial charge < -0.3 is 20.5 Å². The number of ether oxygens (including phenoxy) is 2. The molecule has 7 heteroatoms. The van der Waals surface area contributed by atoms with Gasteiger partial charge in [-0.1, -0.05) is 11.6 Å². The summed E-state index contributed by atoms with van der Waals surface area (Å²) in [5.74, 6) is 0.989. The maximum Gasteiger partial charge on any atom is 0.244 e. The van der Waals surface area contributed by atoms with E-state index < -0.39 is 5.54 Å². The van der Waals surface area contributed by atoms with Gasteiger partial charge in [-0.15, -0.1) is 12.4 Å². The number of benzene rings is 1. The molecule has 1 amide bonds. The Labute approximate surface area is 128 Å². The van der Waals surface area contributed by atoms with Gasteiger partial charge in [-0.2, -0.15) is 0 Å². The number of hydrogen-bond donors (Lipinski definition) is 2. The first kappa shape index (κ1) is 15.2. The third kappa shape index (κ3) is 2.66. The molecule has 5 nitrogen and oxygen atoms in total. The number of anilines is 1. The van der Waals surface area contributed by atoms with E-state index in [1.54, 1.807) is 12.1 Å². The molecule has 1 heterocycles. The standard InChI is InChI=1S/C13H15ClN2O3.ClH/c14-8-6-10-11(19-5-4-18-10)7-9(8)16-12(17)13(15)2-1-3-13;/h6-7H,1-5,15H2,(H,16,17);1H. The lowest BCUT2D eigenvalue weighted by Gasteiger charge is -2.36. The van der Waals surface area contributed by atoms with E-state index in [-0.39, 0.29) is 18.3 Å². The van der Waals surface area contributed by atoms with Crippen molar-refractivity contribution in [1.29, 1.82) is 0 Å². The van der Waals surface area contributed by atoms with E-state index in [0.717, 1.165) is 6.42 Å². The van der Waals surface area contributed by atoms with Gasteiger partial charge in [0.25, 0.3) is 0 Å². The first-order chi connectivity index (χ1) is 9.08. The molecule has 1 aromatic carbocycles. The Bertz CT molecular complexity index is 533. The summed E-state index contributed by atoms with van der Waals surface area (Å²) in [4.78, 5) is 12.1. The molecule has 1 aromatic rings. The largest absolute Gasteiger partial charge is 0.486 e. The highest BCUT2D eigenvalue weighted by Gasteiger charge is 2.40. The first-order valence-electron chi connectivity index (χ1n) is 6.28. The van der Waals surface area contributed by atoms with Crippen molar-refractivity contribution in [1.82, 2.24) is 0 Å². The minimum atomic E-state index is -0.753. The maximum atomic E-state index is 12.1. The summed E-state index contributed by atoms with van der Waals surface area (Å²) >= 11 is 6.13. The zero-order chi connectivity index (χ0) is 13.5. The molecule has 0 spiro atoms. The van der Waals surface area contributed by atoms with Crippen molar-refractivity contribution in [3.8, 4) is 11.5 Å². The summed E-state index contributed by atoms with van der Waals surface area (Å²) < 4.78 is 10.9. The second kappa shape index (κ2) is 5.68. The van der Waals surface area contributed by atoms with Crippen LogP contribution in [0.2, 0.25) is 5.02 Å². The summed E-state index contributed by atoms with van der Waals surface area (Å²) in [6.45, 7) is 0.990. The minimum absolute atomic E-state index is 0. The molecule has 1 aliphatic heterocycles. The topological polar surface area (TPSA) is 73.6 Å². The highest BCUT2D eigenvalue weighted by Crippen LogP contribution is 2.39. The van der Waals surface area contributed by atoms with E-state index in [9.17, 15) is 4.79 Å². The molecule has 0 saturated heterocycles. The molecule has 110 valence electrons. The fraction of sp³-hybridized carbons (Fsp3) is 0.462. The average molecular weight is 319 g/mol. The summed E-state index contributed by atoms with van der Waals surface area (Å²) in [7, 11) is 0. The number of nitrogens with one attached hydrogen (secondary N) is 1. The molecular formula is C13H16Cl2N2O3. The molecule has 3 N–H and O–H groups in total. The van der Waals surface area contributed by atoms with E-state index >= 15 is 0 Å². The van der Waals surface area contributed by atoms with Gasteiger partial charge in [0.05, 0.1) is 16.2 Å². The third-order valence-electron chi connectivity index (χ3n) is 3.58. The van der Waals surface area contributed by atoms with Gasteiger partial charge >= 0.3 is 0 Å². The Morgan fingerprint density at radius 3 is 2.40 bits per heavy atom. The van der Waals surface area contributed by atoms with Crippen LogP contribution >= 0.6 is 24.0 Å². The highest BCUT2D eigenvalue weighted by atomic mass is 35.5. The zero-order valence-corrected chi connectivity index (χ0v) is 12.4. The van der Waals surface area contributed by atoms with Crippen LogP contribution in [0.25, 0.3) is 0 Å². The molecule has 1 saturated carbocycles. The van der Waals surface area contributed by atoms with E-state index in [1.165, 1.54) is 0 Å². The number of carbonyl (C=O) groups is 1. The highest BCUT2D eigenvalue weighted by molar-refractivity contribution is 6.34. The Kier molecular flexibility index (Phi) is 4.32. The number of rotatable bonds is 2. The van der Waals surface area contributed by atoms with Crippen molar-refractivity contribution in [3.63, 3.8) is 0 Å². The SMILES string of the molecule is Cl.NC1(C(=O)Nc2cc3c(cc2Cl)OCCO3)CCC1. The van der Waals surface area contributed by atoms with Crippen LogP contribution in [-0.2, 0) is 4.79 Å². The van der Waals surface area contributed by atoms with Crippen LogP contribution in [0.15, 0.2) is 12.1 Å². The number of fused-ring (bicyclic) bond motifs is 1. The molecule has 20 heavy (non-hydrogen) atoms. The van der Waals surface area contributed by atoms with Gasteiger partial charge in [0.1, 0.15) is 13.2 Å². The molecule has 2 aliphatic rings. The maximum absolute atomic E-state index is 12.1. The fourth-order valence-electron chi connectivity index (χ4n) is 2.19. The molecule has 0 radical (unpaired) electrons. The summed E-state index contributed by atoms with van der Waals surface area (Å²) in [6.07, 6.45) is 2.40. The monoisotopic (exact) mass is 318 g/mol. The molecule has 0 bridgehead atoms. The summed E-state index contributed by atoms with van der Waals surface area (Å²) in [5.41, 5.74) is 5.72. The summed E-state index contributed by atoms with van der Waals surface area (Å²) in [6, 6.07) is 3.33. The molecule has 0 atom stereocenters. The van der Waals surface area contributed by atoms with Gasteiger partial charge in [-0.25, -0.2) is 0 Å². The number of amides is 1. The van der Waals surface area contributed by atoms with Crippen molar-refractivity contribution >= 4 is 35.6 Å². The van der Waals surface area contributed by atoms with Crippen molar-refractivity contribution in [3.05, 3.63) is 17.2 Å². The van der Waals surface area contributed by atoms with Gasteiger partial charge in [-0.05, 0) is 19.3 Å². The number of carbonyl (C=O) groups excluding carboxylic acids is 1. The zero-order valence-electron chi connectivity index (χ0n) is 10.8. The van der Waals surface area contributed by atoms with Crippen LogP contribution in [-0.4, -0.2) is 24.7 Å². The second-order valence-corrected chi connectivity index (χ2v) is 5.35. The van der Waals surface area contributed by atoms with Gasteiger partial charge in [0, 0.05) is 12.1 Å². The van der Waals surface area contributed by atoms with Crippen LogP contribution in [0.3, 0.4) is 0 Å². The Morgan fingerprint density at radius 2 is 1.85 bits per heavy atom. The number of halogens is 2. The predicted molar refractivity (Wildman–Crippen MR) is 79.1 cm³/mol. The lowest BCUT2D eigenvalue weighted by Crippen LogP contribution is -2.56. The van der Waals surface area contributed by atoms with E-state index in [4.69, 9.17) is 26.8 Å². The van der Waals surface area contributed by atoms with Gasteiger partial charge in [0.2, 0.25) is 5.91 Å². The molecule has 0 unspecified atom stereocenters. The fourth-order valence-corrected chi connectivity index (χ4v) is 2.39. The summed E-state index contributed by atoms with van der Waals surface area (Å²) in [5, 5.41) is 3.19. The van der Waals surface area contributed by atoms with E-state index in [0.29, 0.717) is 48.3 Å². The molecule has 3 rings (SSSR count). The van der Waals surface area contributed by atoms with Crippen molar-refractivity contribution in [2.24, 2.45) is 5.73 Å². The van der Waals surface area contributed by atoms with Gasteiger partial charge in [-0.3, -0.25) is 4.79 Å². The average Bonchev–Trinajstić information content (AvgIpc) is 2.36. The van der Waals surface area contributed by atoms with Crippen molar-refractivity contribution < 1.29 is 14.3 Å². The molecule has 1 aliphatic carbocycles. The van der Waals surface area contributed by atoms with Crippen LogP contribution in [0.5, 0.6) is 11.5 Å². The van der Waals surface area contributed by atoms with E-state index in [1.807, 2.05) is 0 Å². The van der Waals surface area contributed by atoms with Crippen molar-refractivity contribution in [2.45, 2.75) is 24.8 Å². The van der Waals surface area contributed by atoms with Gasteiger partial charge in [0.15, 0.2) is 11.5 Å². The predicted octanol–water partition coefficient (Wildman–Crippen LogP) is 2.35. The third-order valence-corrected chi connectivity index (χ3v) is 3.89. The van der Waals surface area contributed by atoms with Crippen LogP contribution in [0, 0.1) is 0 Å².